The topological polar surface area (TPSA) is 29.9 Å². The fraction of sp³-hybridized carbons (Fsp3) is 0.800. The summed E-state index contributed by atoms with van der Waals surface area (Å²) in [6.07, 6.45) is 5.47. The molecule has 0 saturated heterocycles. The number of nitrogens with one attached hydrogen (secondary N) is 1. The second-order valence-corrected chi connectivity index (χ2v) is 7.04. The van der Waals surface area contributed by atoms with Crippen molar-refractivity contribution in [3.8, 4) is 0 Å². The van der Waals surface area contributed by atoms with Gasteiger partial charge in [-0.25, -0.2) is 0 Å². The molecule has 3 rings (SSSR count). The van der Waals surface area contributed by atoms with Crippen molar-refractivity contribution in [2.24, 2.45) is 17.8 Å². The van der Waals surface area contributed by atoms with E-state index in [1.807, 2.05) is 0 Å². The summed E-state index contributed by atoms with van der Waals surface area (Å²) in [6.45, 7) is 5.20. The molecule has 0 amide bonds. The number of aromatic nitrogens is 2. The van der Waals surface area contributed by atoms with Gasteiger partial charge < -0.3 is 5.32 Å². The predicted molar refractivity (Wildman–Crippen MR) is 81.2 cm³/mol. The van der Waals surface area contributed by atoms with Crippen molar-refractivity contribution in [2.45, 2.75) is 52.1 Å². The van der Waals surface area contributed by atoms with Crippen LogP contribution in [0.2, 0.25) is 0 Å². The molecule has 0 bridgehead atoms. The van der Waals surface area contributed by atoms with Crippen LogP contribution in [0.5, 0.6) is 0 Å². The maximum Gasteiger partial charge on any atom is 0.0738 e. The Morgan fingerprint density at radius 1 is 1.37 bits per heavy atom. The number of likely N-dealkylation sites (N-methyl/N-ethyl adjacent to an activating group) is 1. The van der Waals surface area contributed by atoms with Crippen LogP contribution in [0.15, 0.2) is 4.47 Å². The molecule has 0 radical (unpaired) electrons. The summed E-state index contributed by atoms with van der Waals surface area (Å²) in [6, 6.07) is 0.602. The van der Waals surface area contributed by atoms with Crippen molar-refractivity contribution in [1.29, 1.82) is 0 Å². The minimum absolute atomic E-state index is 0.602. The fourth-order valence-electron chi connectivity index (χ4n) is 3.87. The first-order valence-electron chi connectivity index (χ1n) is 7.53. The smallest absolute Gasteiger partial charge is 0.0738 e. The molecule has 3 nitrogen and oxygen atoms in total. The van der Waals surface area contributed by atoms with E-state index in [0.29, 0.717) is 6.04 Å². The molecule has 1 aromatic heterocycles. The Labute approximate surface area is 124 Å². The number of rotatable bonds is 5. The fourth-order valence-corrected chi connectivity index (χ4v) is 4.31. The van der Waals surface area contributed by atoms with Gasteiger partial charge in [0.15, 0.2) is 0 Å². The Morgan fingerprint density at radius 2 is 2.05 bits per heavy atom. The van der Waals surface area contributed by atoms with Crippen molar-refractivity contribution in [3.63, 3.8) is 0 Å². The Balaban J connectivity index is 1.75. The minimum Gasteiger partial charge on any atom is -0.316 e. The van der Waals surface area contributed by atoms with E-state index in [-0.39, 0.29) is 0 Å². The van der Waals surface area contributed by atoms with Crippen molar-refractivity contribution in [2.75, 3.05) is 7.05 Å². The molecular weight excluding hydrogens is 302 g/mol. The zero-order chi connectivity index (χ0) is 13.6. The number of hydrogen-bond donors (Lipinski definition) is 1. The normalized spacial score (nSPS) is 30.4. The Bertz CT molecular complexity index is 458. The van der Waals surface area contributed by atoms with Crippen LogP contribution in [0.3, 0.4) is 0 Å². The highest BCUT2D eigenvalue weighted by molar-refractivity contribution is 9.10. The van der Waals surface area contributed by atoms with E-state index in [1.54, 1.807) is 0 Å². The molecule has 0 aromatic carbocycles. The number of halogens is 1. The molecule has 2 fully saturated rings. The Hall–Kier alpha value is -0.350. The number of aryl methyl sites for hydroxylation is 2. The van der Waals surface area contributed by atoms with Gasteiger partial charge in [0.25, 0.3) is 0 Å². The monoisotopic (exact) mass is 325 g/mol. The maximum atomic E-state index is 4.61. The summed E-state index contributed by atoms with van der Waals surface area (Å²) in [4.78, 5) is 0. The molecular formula is C15H24BrN3. The lowest BCUT2D eigenvalue weighted by Gasteiger charge is -2.25. The zero-order valence-electron chi connectivity index (χ0n) is 12.1. The van der Waals surface area contributed by atoms with Gasteiger partial charge >= 0.3 is 0 Å². The molecule has 1 heterocycles. The highest BCUT2D eigenvalue weighted by Gasteiger charge is 2.47. The van der Waals surface area contributed by atoms with Gasteiger partial charge in [0, 0.05) is 19.0 Å². The van der Waals surface area contributed by atoms with Crippen molar-refractivity contribution in [3.05, 3.63) is 15.9 Å². The lowest BCUT2D eigenvalue weighted by Crippen LogP contribution is -2.35. The van der Waals surface area contributed by atoms with Gasteiger partial charge in [-0.1, -0.05) is 0 Å². The molecule has 0 aliphatic heterocycles. The van der Waals surface area contributed by atoms with Gasteiger partial charge in [0.2, 0.25) is 0 Å². The molecule has 1 N–H and O–H groups in total. The third-order valence-electron chi connectivity index (χ3n) is 5.09. The predicted octanol–water partition coefficient (Wildman–Crippen LogP) is 3.15. The molecule has 3 atom stereocenters. The Kier molecular flexibility index (Phi) is 3.73. The summed E-state index contributed by atoms with van der Waals surface area (Å²) in [7, 11) is 2.11. The van der Waals surface area contributed by atoms with Crippen LogP contribution < -0.4 is 5.32 Å². The standard InChI is InChI=1S/C15H24BrN3/c1-4-19-14(15(16)9(2)18-19)8-13(17-3)12-6-10-5-11(10)7-12/h10-13,17H,4-8H2,1-3H3. The van der Waals surface area contributed by atoms with Crippen molar-refractivity contribution in [1.82, 2.24) is 15.1 Å². The van der Waals surface area contributed by atoms with Crippen LogP contribution >= 0.6 is 15.9 Å². The molecule has 19 heavy (non-hydrogen) atoms. The largest absolute Gasteiger partial charge is 0.316 e. The Morgan fingerprint density at radius 3 is 2.63 bits per heavy atom. The number of fused-ring (bicyclic) bond motifs is 1. The first-order valence-corrected chi connectivity index (χ1v) is 8.32. The van der Waals surface area contributed by atoms with E-state index in [9.17, 15) is 0 Å². The van der Waals surface area contributed by atoms with Gasteiger partial charge in [-0.05, 0) is 73.8 Å². The van der Waals surface area contributed by atoms with Gasteiger partial charge in [-0.2, -0.15) is 5.10 Å². The number of nitrogens with zero attached hydrogens (tertiary/aromatic N) is 2. The van der Waals surface area contributed by atoms with E-state index in [1.165, 1.54) is 29.4 Å². The maximum absolute atomic E-state index is 4.61. The van der Waals surface area contributed by atoms with E-state index in [2.05, 4.69) is 51.9 Å². The van der Waals surface area contributed by atoms with Gasteiger partial charge in [0.05, 0.1) is 15.9 Å². The summed E-state index contributed by atoms with van der Waals surface area (Å²) < 4.78 is 3.36. The molecule has 2 aliphatic carbocycles. The second-order valence-electron chi connectivity index (χ2n) is 6.25. The average Bonchev–Trinajstić information content (AvgIpc) is 2.92. The van der Waals surface area contributed by atoms with Gasteiger partial charge in [0.1, 0.15) is 0 Å². The van der Waals surface area contributed by atoms with Crippen LogP contribution in [-0.4, -0.2) is 22.9 Å². The van der Waals surface area contributed by atoms with Crippen LogP contribution in [0.25, 0.3) is 0 Å². The van der Waals surface area contributed by atoms with E-state index in [0.717, 1.165) is 36.4 Å². The summed E-state index contributed by atoms with van der Waals surface area (Å²) in [5.74, 6) is 2.98. The summed E-state index contributed by atoms with van der Waals surface area (Å²) in [5.41, 5.74) is 2.47. The average molecular weight is 326 g/mol. The van der Waals surface area contributed by atoms with Crippen molar-refractivity contribution < 1.29 is 0 Å². The molecule has 3 unspecified atom stereocenters. The minimum atomic E-state index is 0.602. The highest BCUT2D eigenvalue weighted by atomic mass is 79.9. The van der Waals surface area contributed by atoms with Gasteiger partial charge in [-0.3, -0.25) is 4.68 Å². The van der Waals surface area contributed by atoms with Gasteiger partial charge in [-0.15, -0.1) is 0 Å². The second kappa shape index (κ2) is 5.21. The highest BCUT2D eigenvalue weighted by Crippen LogP contribution is 2.55. The molecule has 0 spiro atoms. The molecule has 1 aromatic rings. The van der Waals surface area contributed by atoms with E-state index < -0.39 is 0 Å². The third-order valence-corrected chi connectivity index (χ3v) is 6.12. The van der Waals surface area contributed by atoms with Crippen LogP contribution in [0.4, 0.5) is 0 Å². The van der Waals surface area contributed by atoms with E-state index in [4.69, 9.17) is 0 Å². The van der Waals surface area contributed by atoms with Crippen LogP contribution in [0.1, 0.15) is 37.6 Å². The SMILES string of the molecule is CCn1nc(C)c(Br)c1CC(NC)C1CC2CC2C1. The summed E-state index contributed by atoms with van der Waals surface area (Å²) >= 11 is 3.72. The van der Waals surface area contributed by atoms with Crippen LogP contribution in [0, 0.1) is 24.7 Å². The molecule has 106 valence electrons. The van der Waals surface area contributed by atoms with E-state index >= 15 is 0 Å². The molecule has 2 saturated carbocycles. The van der Waals surface area contributed by atoms with Crippen LogP contribution in [-0.2, 0) is 13.0 Å². The lowest BCUT2D eigenvalue weighted by molar-refractivity contribution is 0.342. The quantitative estimate of drug-likeness (QED) is 0.901. The summed E-state index contributed by atoms with van der Waals surface area (Å²) in [5, 5.41) is 8.17. The molecule has 4 heteroatoms. The molecule has 2 aliphatic rings. The zero-order valence-corrected chi connectivity index (χ0v) is 13.7. The van der Waals surface area contributed by atoms with Crippen molar-refractivity contribution >= 4 is 15.9 Å². The lowest BCUT2D eigenvalue weighted by atomic mass is 9.91. The third kappa shape index (κ3) is 2.49. The number of hydrogen-bond acceptors (Lipinski definition) is 2. The first kappa shape index (κ1) is 13.6. The first-order chi connectivity index (χ1) is 9.13.